The minimum absolute atomic E-state index is 0.348. The van der Waals surface area contributed by atoms with Crippen LogP contribution in [0.15, 0.2) is 30.3 Å². The zero-order valence-electron chi connectivity index (χ0n) is 11.5. The van der Waals surface area contributed by atoms with Crippen molar-refractivity contribution in [3.63, 3.8) is 0 Å². The largest absolute Gasteiger partial charge is 0.480 e. The molecule has 2 N–H and O–H groups in total. The fraction of sp³-hybridized carbons (Fsp3) is 0.562. The summed E-state index contributed by atoms with van der Waals surface area (Å²) in [5.41, 5.74) is 1.35. The Morgan fingerprint density at radius 2 is 2.11 bits per heavy atom. The number of benzene rings is 1. The van der Waals surface area contributed by atoms with Gasteiger partial charge in [-0.25, -0.2) is 0 Å². The molecule has 0 heterocycles. The average Bonchev–Trinajstić information content (AvgIpc) is 2.84. The fourth-order valence-corrected chi connectivity index (χ4v) is 3.04. The lowest BCUT2D eigenvalue weighted by Crippen LogP contribution is -2.44. The zero-order valence-corrected chi connectivity index (χ0v) is 11.5. The van der Waals surface area contributed by atoms with Crippen molar-refractivity contribution in [2.45, 2.75) is 51.1 Å². The highest BCUT2D eigenvalue weighted by Crippen LogP contribution is 2.29. The molecule has 1 aromatic rings. The van der Waals surface area contributed by atoms with Gasteiger partial charge in [-0.05, 0) is 37.2 Å². The standard InChI is InChI=1S/C16H23NO2/c1-2-14(16(18)19)17-15-10-6-9-13(15)11-12-7-4-3-5-8-12/h3-5,7-8,13-15,17H,2,6,9-11H2,1H3,(H,18,19). The monoisotopic (exact) mass is 261 g/mol. The molecule has 1 aliphatic carbocycles. The van der Waals surface area contributed by atoms with Gasteiger partial charge in [0.25, 0.3) is 0 Å². The van der Waals surface area contributed by atoms with Crippen LogP contribution in [0.1, 0.15) is 38.2 Å². The molecule has 0 saturated heterocycles. The van der Waals surface area contributed by atoms with E-state index >= 15 is 0 Å². The first-order chi connectivity index (χ1) is 9.20. The van der Waals surface area contributed by atoms with E-state index in [0.717, 1.165) is 12.8 Å². The summed E-state index contributed by atoms with van der Waals surface area (Å²) in [4.78, 5) is 11.1. The number of carboxylic acids is 1. The first-order valence-electron chi connectivity index (χ1n) is 7.23. The lowest BCUT2D eigenvalue weighted by molar-refractivity contribution is -0.139. The number of rotatable bonds is 6. The first-order valence-corrected chi connectivity index (χ1v) is 7.23. The number of hydrogen-bond donors (Lipinski definition) is 2. The van der Waals surface area contributed by atoms with Crippen LogP contribution < -0.4 is 5.32 Å². The molecule has 104 valence electrons. The molecule has 0 spiro atoms. The Morgan fingerprint density at radius 1 is 1.37 bits per heavy atom. The minimum atomic E-state index is -0.729. The van der Waals surface area contributed by atoms with Gasteiger partial charge in [0.15, 0.2) is 0 Å². The highest BCUT2D eigenvalue weighted by molar-refractivity contribution is 5.73. The van der Waals surface area contributed by atoms with Crippen molar-refractivity contribution >= 4 is 5.97 Å². The summed E-state index contributed by atoms with van der Waals surface area (Å²) in [7, 11) is 0. The molecular weight excluding hydrogens is 238 g/mol. The summed E-state index contributed by atoms with van der Waals surface area (Å²) in [6.07, 6.45) is 5.19. The van der Waals surface area contributed by atoms with Crippen LogP contribution in [0, 0.1) is 5.92 Å². The quantitative estimate of drug-likeness (QED) is 0.828. The maximum absolute atomic E-state index is 11.1. The third-order valence-corrected chi connectivity index (χ3v) is 4.12. The van der Waals surface area contributed by atoms with Gasteiger partial charge in [0.1, 0.15) is 6.04 Å². The molecule has 1 fully saturated rings. The van der Waals surface area contributed by atoms with E-state index in [4.69, 9.17) is 5.11 Å². The smallest absolute Gasteiger partial charge is 0.320 e. The highest BCUT2D eigenvalue weighted by Gasteiger charge is 2.30. The van der Waals surface area contributed by atoms with Crippen molar-refractivity contribution in [3.8, 4) is 0 Å². The molecule has 0 aliphatic heterocycles. The van der Waals surface area contributed by atoms with Crippen molar-refractivity contribution in [2.24, 2.45) is 5.92 Å². The number of carboxylic acid groups (broad SMARTS) is 1. The van der Waals surface area contributed by atoms with E-state index in [-0.39, 0.29) is 0 Å². The summed E-state index contributed by atoms with van der Waals surface area (Å²) in [6.45, 7) is 1.92. The Morgan fingerprint density at radius 3 is 2.74 bits per heavy atom. The van der Waals surface area contributed by atoms with E-state index in [1.807, 2.05) is 13.0 Å². The molecule has 0 amide bonds. The molecule has 3 nitrogen and oxygen atoms in total. The van der Waals surface area contributed by atoms with E-state index in [0.29, 0.717) is 18.4 Å². The second-order valence-corrected chi connectivity index (χ2v) is 5.45. The maximum Gasteiger partial charge on any atom is 0.320 e. The maximum atomic E-state index is 11.1. The van der Waals surface area contributed by atoms with Crippen molar-refractivity contribution in [3.05, 3.63) is 35.9 Å². The summed E-state index contributed by atoms with van der Waals surface area (Å²) < 4.78 is 0. The van der Waals surface area contributed by atoms with E-state index in [1.165, 1.54) is 18.4 Å². The summed E-state index contributed by atoms with van der Waals surface area (Å²) in [5.74, 6) is -0.163. The number of hydrogen-bond acceptors (Lipinski definition) is 2. The van der Waals surface area contributed by atoms with Crippen LogP contribution in [0.3, 0.4) is 0 Å². The number of aliphatic carboxylic acids is 1. The van der Waals surface area contributed by atoms with Crippen LogP contribution in [0.25, 0.3) is 0 Å². The molecule has 1 aliphatic rings. The molecule has 2 rings (SSSR count). The van der Waals surface area contributed by atoms with Gasteiger partial charge in [0, 0.05) is 6.04 Å². The van der Waals surface area contributed by atoms with E-state index in [1.54, 1.807) is 0 Å². The van der Waals surface area contributed by atoms with Gasteiger partial charge in [0.2, 0.25) is 0 Å². The average molecular weight is 261 g/mol. The topological polar surface area (TPSA) is 49.3 Å². The lowest BCUT2D eigenvalue weighted by Gasteiger charge is -2.24. The summed E-state index contributed by atoms with van der Waals surface area (Å²) >= 11 is 0. The predicted octanol–water partition coefficient (Wildman–Crippen LogP) is 2.85. The van der Waals surface area contributed by atoms with Gasteiger partial charge in [-0.15, -0.1) is 0 Å². The van der Waals surface area contributed by atoms with Gasteiger partial charge in [-0.1, -0.05) is 43.7 Å². The van der Waals surface area contributed by atoms with E-state index < -0.39 is 12.0 Å². The van der Waals surface area contributed by atoms with Gasteiger partial charge in [-0.2, -0.15) is 0 Å². The molecule has 1 saturated carbocycles. The molecule has 3 unspecified atom stereocenters. The zero-order chi connectivity index (χ0) is 13.7. The SMILES string of the molecule is CCC(NC1CCCC1Cc1ccccc1)C(=O)O. The molecule has 0 bridgehead atoms. The van der Waals surface area contributed by atoms with Crippen LogP contribution in [-0.4, -0.2) is 23.2 Å². The van der Waals surface area contributed by atoms with Crippen molar-refractivity contribution in [1.29, 1.82) is 0 Å². The van der Waals surface area contributed by atoms with Gasteiger partial charge >= 0.3 is 5.97 Å². The van der Waals surface area contributed by atoms with Crippen molar-refractivity contribution in [1.82, 2.24) is 5.32 Å². The van der Waals surface area contributed by atoms with Crippen LogP contribution >= 0.6 is 0 Å². The molecule has 19 heavy (non-hydrogen) atoms. The normalized spacial score (nSPS) is 24.3. The molecule has 0 aromatic heterocycles. The predicted molar refractivity (Wildman–Crippen MR) is 76.1 cm³/mol. The molecule has 3 heteroatoms. The van der Waals surface area contributed by atoms with Gasteiger partial charge < -0.3 is 10.4 Å². The molecule has 1 aromatic carbocycles. The molecular formula is C16H23NO2. The Bertz CT molecular complexity index is 404. The third-order valence-electron chi connectivity index (χ3n) is 4.12. The number of nitrogens with one attached hydrogen (secondary N) is 1. The van der Waals surface area contributed by atoms with Crippen LogP contribution in [0.2, 0.25) is 0 Å². The van der Waals surface area contributed by atoms with E-state index in [2.05, 4.69) is 29.6 Å². The summed E-state index contributed by atoms with van der Waals surface area (Å²) in [6, 6.07) is 10.4. The molecule has 0 radical (unpaired) electrons. The Kier molecular flexibility index (Phi) is 4.97. The van der Waals surface area contributed by atoms with Crippen LogP contribution in [-0.2, 0) is 11.2 Å². The van der Waals surface area contributed by atoms with Gasteiger partial charge in [-0.3, -0.25) is 4.79 Å². The van der Waals surface area contributed by atoms with E-state index in [9.17, 15) is 4.79 Å². The van der Waals surface area contributed by atoms with Crippen LogP contribution in [0.4, 0.5) is 0 Å². The van der Waals surface area contributed by atoms with Crippen molar-refractivity contribution < 1.29 is 9.90 Å². The summed E-state index contributed by atoms with van der Waals surface area (Å²) in [5, 5.41) is 12.5. The van der Waals surface area contributed by atoms with Crippen molar-refractivity contribution in [2.75, 3.05) is 0 Å². The second-order valence-electron chi connectivity index (χ2n) is 5.45. The Balaban J connectivity index is 1.95. The Hall–Kier alpha value is -1.35. The lowest BCUT2D eigenvalue weighted by atomic mass is 9.94. The third kappa shape index (κ3) is 3.80. The minimum Gasteiger partial charge on any atom is -0.480 e. The van der Waals surface area contributed by atoms with Crippen LogP contribution in [0.5, 0.6) is 0 Å². The Labute approximate surface area is 115 Å². The number of carbonyl (C=O) groups is 1. The van der Waals surface area contributed by atoms with Gasteiger partial charge in [0.05, 0.1) is 0 Å². The highest BCUT2D eigenvalue weighted by atomic mass is 16.4. The fourth-order valence-electron chi connectivity index (χ4n) is 3.04. The second kappa shape index (κ2) is 6.71. The first kappa shape index (κ1) is 14.1. The molecule has 3 atom stereocenters.